The number of nitrogens with zero attached hydrogens (tertiary/aromatic N) is 1. The third kappa shape index (κ3) is 3.60. The molecular weight excluding hydrogens is 258 g/mol. The summed E-state index contributed by atoms with van der Waals surface area (Å²) in [7, 11) is 0. The second-order valence-corrected chi connectivity index (χ2v) is 5.75. The number of carbonyl (C=O) groups excluding carboxylic acids is 2. The van der Waals surface area contributed by atoms with Crippen LogP contribution in [-0.2, 0) is 9.53 Å². The Morgan fingerprint density at radius 3 is 2.60 bits per heavy atom. The summed E-state index contributed by atoms with van der Waals surface area (Å²) in [5.41, 5.74) is 0.467. The molecule has 0 aromatic carbocycles. The molecule has 0 radical (unpaired) electrons. The first kappa shape index (κ1) is 16.7. The summed E-state index contributed by atoms with van der Waals surface area (Å²) in [6.45, 7) is 9.57. The number of amides is 2. The molecule has 0 aromatic rings. The van der Waals surface area contributed by atoms with Crippen molar-refractivity contribution in [3.05, 3.63) is 11.6 Å². The number of carbonyl (C=O) groups is 2. The van der Waals surface area contributed by atoms with Gasteiger partial charge in [-0.05, 0) is 19.3 Å². The van der Waals surface area contributed by atoms with Crippen molar-refractivity contribution in [3.8, 4) is 0 Å². The topological polar surface area (TPSA) is 66.8 Å². The van der Waals surface area contributed by atoms with Crippen LogP contribution in [0.1, 0.15) is 41.0 Å². The third-order valence-electron chi connectivity index (χ3n) is 3.77. The van der Waals surface area contributed by atoms with Gasteiger partial charge in [0.2, 0.25) is 0 Å². The van der Waals surface area contributed by atoms with Crippen molar-refractivity contribution in [2.75, 3.05) is 6.61 Å². The normalized spacial score (nSPS) is 22.9. The summed E-state index contributed by atoms with van der Waals surface area (Å²) in [6.07, 6.45) is 1.29. The minimum Gasteiger partial charge on any atom is -0.447 e. The molecule has 0 aliphatic carbocycles. The van der Waals surface area contributed by atoms with Crippen LogP contribution in [0.15, 0.2) is 11.6 Å². The highest BCUT2D eigenvalue weighted by Crippen LogP contribution is 2.22. The lowest BCUT2D eigenvalue weighted by molar-refractivity contribution is -0.125. The van der Waals surface area contributed by atoms with Crippen molar-refractivity contribution < 1.29 is 19.4 Å². The maximum atomic E-state index is 12.4. The quantitative estimate of drug-likeness (QED) is 0.786. The number of cyclic esters (lactones) is 1. The van der Waals surface area contributed by atoms with Crippen LogP contribution in [0.5, 0.6) is 0 Å². The zero-order valence-corrected chi connectivity index (χ0v) is 12.9. The lowest BCUT2D eigenvalue weighted by Crippen LogP contribution is -2.42. The van der Waals surface area contributed by atoms with Gasteiger partial charge in [-0.15, -0.1) is 0 Å². The van der Waals surface area contributed by atoms with Crippen molar-refractivity contribution in [3.63, 3.8) is 0 Å². The highest BCUT2D eigenvalue weighted by Gasteiger charge is 2.39. The summed E-state index contributed by atoms with van der Waals surface area (Å²) in [5, 5.41) is 9.75. The number of aliphatic hydroxyl groups is 1. The number of hydrogen-bond donors (Lipinski definition) is 1. The first-order valence-corrected chi connectivity index (χ1v) is 7.16. The molecule has 3 atom stereocenters. The van der Waals surface area contributed by atoms with Gasteiger partial charge in [0.05, 0.1) is 12.1 Å². The summed E-state index contributed by atoms with van der Waals surface area (Å²) in [4.78, 5) is 25.3. The maximum absolute atomic E-state index is 12.4. The molecule has 0 bridgehead atoms. The molecular formula is C15H25NO4. The van der Waals surface area contributed by atoms with E-state index in [2.05, 4.69) is 0 Å². The minimum absolute atomic E-state index is 0.125. The molecule has 2 amide bonds. The molecule has 1 heterocycles. The summed E-state index contributed by atoms with van der Waals surface area (Å²) < 4.78 is 4.97. The molecule has 1 aliphatic heterocycles. The lowest BCUT2D eigenvalue weighted by atomic mass is 9.98. The van der Waals surface area contributed by atoms with Gasteiger partial charge in [-0.3, -0.25) is 4.79 Å². The molecule has 20 heavy (non-hydrogen) atoms. The largest absolute Gasteiger partial charge is 0.447 e. The monoisotopic (exact) mass is 283 g/mol. The number of imide groups is 1. The van der Waals surface area contributed by atoms with Gasteiger partial charge in [0.1, 0.15) is 6.61 Å². The Morgan fingerprint density at radius 1 is 1.50 bits per heavy atom. The van der Waals surface area contributed by atoms with Gasteiger partial charge < -0.3 is 9.84 Å². The van der Waals surface area contributed by atoms with Crippen LogP contribution in [0.4, 0.5) is 4.79 Å². The average Bonchev–Trinajstić information content (AvgIpc) is 2.78. The second kappa shape index (κ2) is 6.88. The van der Waals surface area contributed by atoms with E-state index >= 15 is 0 Å². The fourth-order valence-electron chi connectivity index (χ4n) is 2.30. The Bertz CT molecular complexity index is 403. The highest BCUT2D eigenvalue weighted by atomic mass is 16.6. The smallest absolute Gasteiger partial charge is 0.417 e. The standard InChI is InChI=1S/C15H25NO4/c1-6-13(17)10(4)7-11(5)14(18)16-12(9(2)3)8-20-15(16)19/h7,9-10,12-13,17H,6,8H2,1-5H3/b11-7+/t10-,12+,13+/m1/s1. The molecule has 5 nitrogen and oxygen atoms in total. The van der Waals surface area contributed by atoms with E-state index in [1.165, 1.54) is 4.90 Å². The van der Waals surface area contributed by atoms with E-state index in [0.29, 0.717) is 12.0 Å². The van der Waals surface area contributed by atoms with Gasteiger partial charge >= 0.3 is 6.09 Å². The molecule has 1 aliphatic rings. The number of hydrogen-bond acceptors (Lipinski definition) is 4. The van der Waals surface area contributed by atoms with E-state index < -0.39 is 12.2 Å². The molecule has 0 saturated carbocycles. The molecule has 1 saturated heterocycles. The summed E-state index contributed by atoms with van der Waals surface area (Å²) >= 11 is 0. The molecule has 5 heteroatoms. The molecule has 114 valence electrons. The number of rotatable bonds is 5. The van der Waals surface area contributed by atoms with Gasteiger partial charge in [0.25, 0.3) is 5.91 Å². The predicted molar refractivity (Wildman–Crippen MR) is 76.0 cm³/mol. The average molecular weight is 283 g/mol. The van der Waals surface area contributed by atoms with Crippen LogP contribution in [0.25, 0.3) is 0 Å². The molecule has 1 fully saturated rings. The Hall–Kier alpha value is -1.36. The fraction of sp³-hybridized carbons (Fsp3) is 0.733. The van der Waals surface area contributed by atoms with E-state index in [1.54, 1.807) is 13.0 Å². The SMILES string of the molecule is CC[C@H](O)[C@H](C)/C=C(\C)C(=O)N1C(=O)OC[C@H]1C(C)C. The summed E-state index contributed by atoms with van der Waals surface area (Å²) in [6, 6.07) is -0.218. The van der Waals surface area contributed by atoms with Crippen molar-refractivity contribution in [2.24, 2.45) is 11.8 Å². The van der Waals surface area contributed by atoms with Gasteiger partial charge in [-0.1, -0.05) is 33.8 Å². The second-order valence-electron chi connectivity index (χ2n) is 5.75. The first-order valence-electron chi connectivity index (χ1n) is 7.16. The lowest BCUT2D eigenvalue weighted by Gasteiger charge is -2.23. The molecule has 0 unspecified atom stereocenters. The van der Waals surface area contributed by atoms with Crippen molar-refractivity contribution in [2.45, 2.75) is 53.2 Å². The Morgan fingerprint density at radius 2 is 2.10 bits per heavy atom. The first-order chi connectivity index (χ1) is 9.29. The van der Waals surface area contributed by atoms with Crippen LogP contribution < -0.4 is 0 Å². The van der Waals surface area contributed by atoms with Crippen LogP contribution in [0.2, 0.25) is 0 Å². The van der Waals surface area contributed by atoms with Crippen LogP contribution in [-0.4, -0.2) is 40.8 Å². The maximum Gasteiger partial charge on any atom is 0.417 e. The number of ether oxygens (including phenoxy) is 1. The van der Waals surface area contributed by atoms with Gasteiger partial charge in [-0.25, -0.2) is 9.69 Å². The van der Waals surface area contributed by atoms with Gasteiger partial charge in [0, 0.05) is 11.5 Å². The van der Waals surface area contributed by atoms with Gasteiger partial charge in [0.15, 0.2) is 0 Å². The Kier molecular flexibility index (Phi) is 5.74. The van der Waals surface area contributed by atoms with Crippen molar-refractivity contribution >= 4 is 12.0 Å². The van der Waals surface area contributed by atoms with Crippen molar-refractivity contribution in [1.29, 1.82) is 0 Å². The van der Waals surface area contributed by atoms with E-state index in [1.807, 2.05) is 27.7 Å². The van der Waals surface area contributed by atoms with Crippen LogP contribution in [0.3, 0.4) is 0 Å². The zero-order chi connectivity index (χ0) is 15.4. The van der Waals surface area contributed by atoms with E-state index in [4.69, 9.17) is 4.74 Å². The molecule has 0 aromatic heterocycles. The Labute approximate surface area is 120 Å². The van der Waals surface area contributed by atoms with E-state index in [9.17, 15) is 14.7 Å². The summed E-state index contributed by atoms with van der Waals surface area (Å²) in [5.74, 6) is -0.307. The van der Waals surface area contributed by atoms with Gasteiger partial charge in [-0.2, -0.15) is 0 Å². The van der Waals surface area contributed by atoms with Crippen LogP contribution in [0, 0.1) is 11.8 Å². The van der Waals surface area contributed by atoms with E-state index in [-0.39, 0.29) is 30.4 Å². The molecule has 1 rings (SSSR count). The number of aliphatic hydroxyl groups excluding tert-OH is 1. The molecule has 1 N–H and O–H groups in total. The molecule has 0 spiro atoms. The minimum atomic E-state index is -0.579. The fourth-order valence-corrected chi connectivity index (χ4v) is 2.30. The zero-order valence-electron chi connectivity index (χ0n) is 12.9. The predicted octanol–water partition coefficient (Wildman–Crippen LogP) is 2.34. The third-order valence-corrected chi connectivity index (χ3v) is 3.77. The Balaban J connectivity index is 2.87. The van der Waals surface area contributed by atoms with E-state index in [0.717, 1.165) is 0 Å². The highest BCUT2D eigenvalue weighted by molar-refractivity contribution is 6.03. The van der Waals surface area contributed by atoms with Crippen molar-refractivity contribution in [1.82, 2.24) is 4.90 Å². The van der Waals surface area contributed by atoms with Crippen LogP contribution >= 0.6 is 0 Å².